The highest BCUT2D eigenvalue weighted by atomic mass is 19.4. The van der Waals surface area contributed by atoms with Gasteiger partial charge in [0.2, 0.25) is 5.91 Å². The second kappa shape index (κ2) is 13.0. The number of carbonyl (C=O) groups excluding carboxylic acids is 2. The van der Waals surface area contributed by atoms with Gasteiger partial charge in [-0.2, -0.15) is 13.2 Å². The summed E-state index contributed by atoms with van der Waals surface area (Å²) in [4.78, 5) is 51.8. The molecule has 0 aliphatic carbocycles. The number of fused-ring (bicyclic) bond motifs is 1. The molecule has 14 heteroatoms. The Kier molecular flexibility index (Phi) is 10.0. The van der Waals surface area contributed by atoms with Gasteiger partial charge in [0.15, 0.2) is 5.96 Å². The van der Waals surface area contributed by atoms with Crippen molar-refractivity contribution in [2.75, 3.05) is 25.0 Å². The minimum atomic E-state index is -5.08. The first kappa shape index (κ1) is 30.2. The first-order valence-corrected chi connectivity index (χ1v) is 11.1. The molecule has 1 aliphatic heterocycles. The zero-order valence-corrected chi connectivity index (χ0v) is 20.5. The van der Waals surface area contributed by atoms with Gasteiger partial charge in [-0.1, -0.05) is 24.0 Å². The number of nitrogens with two attached hydrogens (primary N) is 2. The second-order valence-electron chi connectivity index (χ2n) is 8.05. The third kappa shape index (κ3) is 9.08. The van der Waals surface area contributed by atoms with Crippen molar-refractivity contribution in [2.24, 2.45) is 16.5 Å². The van der Waals surface area contributed by atoms with Crippen molar-refractivity contribution in [3.8, 4) is 11.8 Å². The molecular formula is C25H24F3N5O6. The van der Waals surface area contributed by atoms with Gasteiger partial charge in [-0.25, -0.2) is 9.79 Å². The van der Waals surface area contributed by atoms with E-state index < -0.39 is 24.0 Å². The molecule has 3 rings (SSSR count). The Morgan fingerprint density at radius 1 is 1.03 bits per heavy atom. The average molecular weight is 547 g/mol. The molecule has 0 aromatic heterocycles. The monoisotopic (exact) mass is 547 g/mol. The lowest BCUT2D eigenvalue weighted by Crippen LogP contribution is -2.38. The van der Waals surface area contributed by atoms with E-state index in [1.807, 2.05) is 24.3 Å². The highest BCUT2D eigenvalue weighted by molar-refractivity contribution is 6.09. The number of aliphatic imine (C=N–C) groups is 1. The molecule has 0 spiro atoms. The van der Waals surface area contributed by atoms with Crippen LogP contribution in [-0.2, 0) is 20.9 Å². The Hall–Kier alpha value is -5.06. The number of halogens is 3. The topological polar surface area (TPSA) is 180 Å². The van der Waals surface area contributed by atoms with Gasteiger partial charge < -0.3 is 31.5 Å². The predicted octanol–water partition coefficient (Wildman–Crippen LogP) is 1.39. The Labute approximate surface area is 220 Å². The van der Waals surface area contributed by atoms with Gasteiger partial charge in [-0.05, 0) is 35.9 Å². The van der Waals surface area contributed by atoms with E-state index in [-0.39, 0.29) is 31.4 Å². The van der Waals surface area contributed by atoms with Gasteiger partial charge in [-0.15, -0.1) is 0 Å². The molecule has 0 radical (unpaired) electrons. The summed E-state index contributed by atoms with van der Waals surface area (Å²) in [5.74, 6) is 1.62. The first-order chi connectivity index (χ1) is 18.2. The van der Waals surface area contributed by atoms with Crippen LogP contribution in [0.1, 0.15) is 33.5 Å². The fraction of sp³-hybridized carbons (Fsp3) is 0.240. The normalized spacial score (nSPS) is 12.7. The number of benzene rings is 2. The smallest absolute Gasteiger partial charge is 0.481 e. The van der Waals surface area contributed by atoms with Crippen LogP contribution in [0.25, 0.3) is 0 Å². The van der Waals surface area contributed by atoms with Crippen LogP contribution >= 0.6 is 0 Å². The third-order valence-corrected chi connectivity index (χ3v) is 5.16. The lowest BCUT2D eigenvalue weighted by molar-refractivity contribution is -0.192. The lowest BCUT2D eigenvalue weighted by atomic mass is 10.1. The van der Waals surface area contributed by atoms with E-state index in [4.69, 9.17) is 26.5 Å². The zero-order chi connectivity index (χ0) is 29.3. The van der Waals surface area contributed by atoms with E-state index >= 15 is 0 Å². The summed E-state index contributed by atoms with van der Waals surface area (Å²) in [6.45, 7) is 0.160. The minimum Gasteiger partial charge on any atom is -0.481 e. The number of nitrogens with zero attached hydrogens (tertiary/aromatic N) is 3. The number of hydrogen-bond donors (Lipinski definition) is 4. The molecule has 0 fully saturated rings. The standard InChI is InChI=1S/C23H23N5O4.C2HF3O2/c1-27-19-9-8-16(5-2-15-3-6-17(7-4-15)13-26-23(24)25)12-18(19)22(32)28(14-20(27)29)11-10-21(30)31;3-2(4,5)1(6)7/h3-4,6-9,12H,10-11,13-14H2,1H3,(H,30,31)(H4,24,25,26);(H,6,7). The highest BCUT2D eigenvalue weighted by Gasteiger charge is 2.38. The SMILES string of the molecule is CN1C(=O)CN(CCC(=O)O)C(=O)c2cc(C#Cc3ccc(CN=C(N)N)cc3)ccc21.O=C(O)C(F)(F)F. The summed E-state index contributed by atoms with van der Waals surface area (Å²) in [5, 5.41) is 16.1. The van der Waals surface area contributed by atoms with Gasteiger partial charge >= 0.3 is 18.1 Å². The van der Waals surface area contributed by atoms with Gasteiger partial charge in [0.25, 0.3) is 5.91 Å². The van der Waals surface area contributed by atoms with E-state index in [9.17, 15) is 27.6 Å². The number of amides is 2. The van der Waals surface area contributed by atoms with E-state index in [0.717, 1.165) is 11.1 Å². The maximum absolute atomic E-state index is 13.0. The van der Waals surface area contributed by atoms with Gasteiger partial charge in [-0.3, -0.25) is 14.4 Å². The Morgan fingerprint density at radius 3 is 2.13 bits per heavy atom. The molecule has 206 valence electrons. The van der Waals surface area contributed by atoms with Crippen molar-refractivity contribution in [3.63, 3.8) is 0 Å². The van der Waals surface area contributed by atoms with Gasteiger partial charge in [0.05, 0.1) is 24.2 Å². The number of hydrogen-bond acceptors (Lipinski definition) is 5. The van der Waals surface area contributed by atoms with Crippen LogP contribution < -0.4 is 16.4 Å². The number of alkyl halides is 3. The molecule has 0 saturated heterocycles. The number of guanidine groups is 1. The molecule has 0 bridgehead atoms. The van der Waals surface area contributed by atoms with E-state index in [1.165, 1.54) is 9.80 Å². The summed E-state index contributed by atoms with van der Waals surface area (Å²) in [7, 11) is 1.59. The van der Waals surface area contributed by atoms with E-state index in [1.54, 1.807) is 25.2 Å². The minimum absolute atomic E-state index is 0.0282. The molecule has 6 N–H and O–H groups in total. The number of rotatable bonds is 5. The Balaban J connectivity index is 0.000000673. The highest BCUT2D eigenvalue weighted by Crippen LogP contribution is 2.26. The fourth-order valence-electron chi connectivity index (χ4n) is 3.16. The van der Waals surface area contributed by atoms with Crippen LogP contribution in [0.4, 0.5) is 18.9 Å². The number of carbonyl (C=O) groups is 4. The molecule has 2 aromatic carbocycles. The number of likely N-dealkylation sites (N-methyl/N-ethyl adjacent to an activating group) is 1. The quantitative estimate of drug-likeness (QED) is 0.246. The van der Waals surface area contributed by atoms with Crippen molar-refractivity contribution in [3.05, 3.63) is 64.7 Å². The molecule has 2 aromatic rings. The predicted molar refractivity (Wildman–Crippen MR) is 134 cm³/mol. The van der Waals surface area contributed by atoms with Crippen LogP contribution in [-0.4, -0.2) is 71.1 Å². The molecule has 39 heavy (non-hydrogen) atoms. The summed E-state index contributed by atoms with van der Waals surface area (Å²) in [6, 6.07) is 12.5. The molecular weight excluding hydrogens is 523 g/mol. The Bertz CT molecular complexity index is 1340. The molecule has 11 nitrogen and oxygen atoms in total. The molecule has 2 amide bonds. The zero-order valence-electron chi connectivity index (χ0n) is 20.5. The maximum atomic E-state index is 13.0. The number of anilines is 1. The van der Waals surface area contributed by atoms with E-state index in [2.05, 4.69) is 16.8 Å². The van der Waals surface area contributed by atoms with Gasteiger partial charge in [0, 0.05) is 24.7 Å². The largest absolute Gasteiger partial charge is 0.490 e. The first-order valence-electron chi connectivity index (χ1n) is 11.1. The third-order valence-electron chi connectivity index (χ3n) is 5.16. The van der Waals surface area contributed by atoms with Crippen molar-refractivity contribution >= 4 is 35.4 Å². The molecule has 0 unspecified atom stereocenters. The lowest BCUT2D eigenvalue weighted by Gasteiger charge is -2.18. The molecule has 0 saturated carbocycles. The van der Waals surface area contributed by atoms with E-state index in [0.29, 0.717) is 23.4 Å². The van der Waals surface area contributed by atoms with Crippen molar-refractivity contribution in [1.82, 2.24) is 4.90 Å². The number of aliphatic carboxylic acids is 2. The summed E-state index contributed by atoms with van der Waals surface area (Å²) in [6.07, 6.45) is -5.32. The van der Waals surface area contributed by atoms with Crippen molar-refractivity contribution in [1.29, 1.82) is 0 Å². The van der Waals surface area contributed by atoms with Crippen LogP contribution in [0.3, 0.4) is 0 Å². The van der Waals surface area contributed by atoms with Crippen LogP contribution in [0, 0.1) is 11.8 Å². The van der Waals surface area contributed by atoms with Crippen molar-refractivity contribution in [2.45, 2.75) is 19.1 Å². The number of carboxylic acids is 2. The number of carboxylic acid groups (broad SMARTS) is 2. The summed E-state index contributed by atoms with van der Waals surface area (Å²) < 4.78 is 31.7. The van der Waals surface area contributed by atoms with Crippen LogP contribution in [0.2, 0.25) is 0 Å². The molecule has 0 atom stereocenters. The van der Waals surface area contributed by atoms with Crippen LogP contribution in [0.5, 0.6) is 0 Å². The average Bonchev–Trinajstić information content (AvgIpc) is 2.95. The Morgan fingerprint density at radius 2 is 1.59 bits per heavy atom. The maximum Gasteiger partial charge on any atom is 0.490 e. The van der Waals surface area contributed by atoms with Gasteiger partial charge in [0.1, 0.15) is 6.54 Å². The summed E-state index contributed by atoms with van der Waals surface area (Å²) >= 11 is 0. The molecule has 1 aliphatic rings. The van der Waals surface area contributed by atoms with Crippen LogP contribution in [0.15, 0.2) is 47.5 Å². The fourth-order valence-corrected chi connectivity index (χ4v) is 3.16. The summed E-state index contributed by atoms with van der Waals surface area (Å²) in [5.41, 5.74) is 13.8. The van der Waals surface area contributed by atoms with Crippen molar-refractivity contribution < 1.29 is 42.6 Å². The second-order valence-corrected chi connectivity index (χ2v) is 8.05. The molecule has 1 heterocycles.